The van der Waals surface area contributed by atoms with E-state index in [1.165, 1.54) is 5.56 Å². The highest BCUT2D eigenvalue weighted by Crippen LogP contribution is 2.30. The number of likely N-dealkylation sites (N-methyl/N-ethyl adjacent to an activating group) is 1. The maximum absolute atomic E-state index is 13.2. The van der Waals surface area contributed by atoms with Crippen LogP contribution in [0.5, 0.6) is 5.75 Å². The maximum Gasteiger partial charge on any atom is 0.227 e. The summed E-state index contributed by atoms with van der Waals surface area (Å²) in [5.74, 6) is 0.899. The molecule has 0 aromatic heterocycles. The Kier molecular flexibility index (Phi) is 8.15. The van der Waals surface area contributed by atoms with E-state index >= 15 is 0 Å². The number of anilines is 1. The van der Waals surface area contributed by atoms with Crippen LogP contribution in [0.25, 0.3) is 0 Å². The molecule has 2 aromatic rings. The zero-order valence-corrected chi connectivity index (χ0v) is 20.0. The minimum Gasteiger partial charge on any atom is -0.488 e. The fourth-order valence-corrected chi connectivity index (χ4v) is 4.18. The average Bonchev–Trinajstić information content (AvgIpc) is 2.81. The van der Waals surface area contributed by atoms with Crippen molar-refractivity contribution in [3.8, 4) is 5.75 Å². The fourth-order valence-electron chi connectivity index (χ4n) is 4.18. The first-order valence-electron chi connectivity index (χ1n) is 11.4. The van der Waals surface area contributed by atoms with Crippen LogP contribution in [0.2, 0.25) is 0 Å². The zero-order chi connectivity index (χ0) is 23.3. The van der Waals surface area contributed by atoms with Crippen LogP contribution in [0.4, 0.5) is 5.69 Å². The normalized spacial score (nSPS) is 20.1. The first kappa shape index (κ1) is 24.1. The molecule has 0 radical (unpaired) electrons. The van der Waals surface area contributed by atoms with E-state index in [1.807, 2.05) is 55.1 Å². The third-order valence-electron chi connectivity index (χ3n) is 6.20. The number of fused-ring (bicyclic) bond motifs is 1. The van der Waals surface area contributed by atoms with E-state index < -0.39 is 0 Å². The molecule has 3 atom stereocenters. The molecule has 3 rings (SSSR count). The number of carbonyl (C=O) groups excluding carboxylic acids is 1. The summed E-state index contributed by atoms with van der Waals surface area (Å²) in [4.78, 5) is 19.3. The molecule has 0 saturated heterocycles. The van der Waals surface area contributed by atoms with E-state index in [2.05, 4.69) is 43.1 Å². The Hall–Kier alpha value is -2.57. The highest BCUT2D eigenvalue weighted by Gasteiger charge is 2.31. The topological polar surface area (TPSA) is 56.3 Å². The Balaban J connectivity index is 1.89. The summed E-state index contributed by atoms with van der Waals surface area (Å²) < 4.78 is 6.58. The molecule has 1 aliphatic rings. The van der Waals surface area contributed by atoms with Crippen molar-refractivity contribution < 1.29 is 14.6 Å². The van der Waals surface area contributed by atoms with Crippen LogP contribution in [0.1, 0.15) is 25.0 Å². The van der Waals surface area contributed by atoms with Gasteiger partial charge in [0.25, 0.3) is 0 Å². The van der Waals surface area contributed by atoms with Crippen molar-refractivity contribution in [3.63, 3.8) is 0 Å². The van der Waals surface area contributed by atoms with Crippen molar-refractivity contribution in [2.75, 3.05) is 45.7 Å². The second-order valence-corrected chi connectivity index (χ2v) is 9.26. The minimum absolute atomic E-state index is 0.0254. The largest absolute Gasteiger partial charge is 0.488 e. The van der Waals surface area contributed by atoms with Gasteiger partial charge in [0.1, 0.15) is 11.9 Å². The second kappa shape index (κ2) is 10.8. The van der Waals surface area contributed by atoms with Crippen molar-refractivity contribution in [3.05, 3.63) is 59.7 Å². The molecule has 0 spiro atoms. The molecule has 6 heteroatoms. The van der Waals surface area contributed by atoms with Crippen molar-refractivity contribution in [2.24, 2.45) is 5.92 Å². The first-order chi connectivity index (χ1) is 15.3. The van der Waals surface area contributed by atoms with Gasteiger partial charge in [0.2, 0.25) is 5.91 Å². The van der Waals surface area contributed by atoms with Gasteiger partial charge in [-0.1, -0.05) is 37.3 Å². The summed E-state index contributed by atoms with van der Waals surface area (Å²) >= 11 is 0. The first-order valence-corrected chi connectivity index (χ1v) is 11.4. The monoisotopic (exact) mass is 439 g/mol. The van der Waals surface area contributed by atoms with Gasteiger partial charge < -0.3 is 19.6 Å². The number of rotatable bonds is 7. The molecule has 32 heavy (non-hydrogen) atoms. The molecule has 1 N–H and O–H groups in total. The van der Waals surface area contributed by atoms with E-state index in [4.69, 9.17) is 4.74 Å². The van der Waals surface area contributed by atoms with Crippen LogP contribution in [-0.2, 0) is 17.8 Å². The highest BCUT2D eigenvalue weighted by molar-refractivity contribution is 5.80. The molecule has 1 aliphatic heterocycles. The summed E-state index contributed by atoms with van der Waals surface area (Å²) in [5.41, 5.74) is 3.18. The molecule has 0 bridgehead atoms. The molecule has 0 aliphatic carbocycles. The van der Waals surface area contributed by atoms with Crippen LogP contribution in [-0.4, -0.2) is 73.8 Å². The summed E-state index contributed by atoms with van der Waals surface area (Å²) in [5, 5.41) is 9.77. The number of carbonyl (C=O) groups is 1. The molecule has 1 amide bonds. The molecule has 6 nitrogen and oxygen atoms in total. The van der Waals surface area contributed by atoms with Gasteiger partial charge >= 0.3 is 0 Å². The highest BCUT2D eigenvalue weighted by atomic mass is 16.5. The van der Waals surface area contributed by atoms with Crippen LogP contribution >= 0.6 is 0 Å². The van der Waals surface area contributed by atoms with Crippen molar-refractivity contribution in [2.45, 2.75) is 39.0 Å². The predicted octanol–water partition coefficient (Wildman–Crippen LogP) is 3.03. The Morgan fingerprint density at radius 2 is 1.88 bits per heavy atom. The van der Waals surface area contributed by atoms with E-state index in [-0.39, 0.29) is 37.0 Å². The lowest BCUT2D eigenvalue weighted by molar-refractivity contribution is -0.134. The smallest absolute Gasteiger partial charge is 0.227 e. The number of hydrogen-bond acceptors (Lipinski definition) is 5. The third kappa shape index (κ3) is 6.02. The van der Waals surface area contributed by atoms with Gasteiger partial charge in [-0.15, -0.1) is 0 Å². The quantitative estimate of drug-likeness (QED) is 0.719. The van der Waals surface area contributed by atoms with Gasteiger partial charge in [0.05, 0.1) is 19.1 Å². The third-order valence-corrected chi connectivity index (χ3v) is 6.20. The van der Waals surface area contributed by atoms with Gasteiger partial charge in [-0.05, 0) is 37.7 Å². The molecule has 174 valence electrons. The summed E-state index contributed by atoms with van der Waals surface area (Å²) in [7, 11) is 6.08. The molecular formula is C26H37N3O3. The van der Waals surface area contributed by atoms with Crippen LogP contribution in [0, 0.1) is 5.92 Å². The van der Waals surface area contributed by atoms with Gasteiger partial charge in [0, 0.05) is 50.9 Å². The summed E-state index contributed by atoms with van der Waals surface area (Å²) in [6.45, 7) is 6.10. The van der Waals surface area contributed by atoms with Gasteiger partial charge in [-0.2, -0.15) is 0 Å². The van der Waals surface area contributed by atoms with Gasteiger partial charge in [0.15, 0.2) is 0 Å². The molecule has 0 fully saturated rings. The van der Waals surface area contributed by atoms with E-state index in [0.717, 1.165) is 30.1 Å². The minimum atomic E-state index is -0.230. The summed E-state index contributed by atoms with van der Waals surface area (Å²) in [6, 6.07) is 16.2. The number of benzene rings is 2. The average molecular weight is 440 g/mol. The number of ether oxygens (including phenoxy) is 1. The van der Waals surface area contributed by atoms with Gasteiger partial charge in [-0.3, -0.25) is 9.69 Å². The Bertz CT molecular complexity index is 887. The molecular weight excluding hydrogens is 402 g/mol. The SMILES string of the molecule is C[C@@H]1CN([C@H](C)CO)C(=O)Cc2cc(N(C)C)ccc2O[C@@H]1CN(C)Cc1ccccc1. The van der Waals surface area contributed by atoms with E-state index in [0.29, 0.717) is 6.54 Å². The van der Waals surface area contributed by atoms with Crippen LogP contribution in [0.15, 0.2) is 48.5 Å². The number of hydrogen-bond donors (Lipinski definition) is 1. The standard InChI is InChI=1S/C26H37N3O3/c1-19-15-29(20(2)18-30)26(31)14-22-13-23(27(3)4)11-12-24(22)32-25(19)17-28(5)16-21-9-7-6-8-10-21/h6-13,19-20,25,30H,14-18H2,1-5H3/t19-,20-,25-/m1/s1. The molecule has 1 heterocycles. The number of aliphatic hydroxyl groups is 1. The lowest BCUT2D eigenvalue weighted by Crippen LogP contribution is -2.47. The van der Waals surface area contributed by atoms with Crippen molar-refractivity contribution >= 4 is 11.6 Å². The molecule has 2 aromatic carbocycles. The maximum atomic E-state index is 13.2. The number of amides is 1. The Morgan fingerprint density at radius 1 is 1.16 bits per heavy atom. The zero-order valence-electron chi connectivity index (χ0n) is 20.0. The van der Waals surface area contributed by atoms with Gasteiger partial charge in [-0.25, -0.2) is 0 Å². The fraction of sp³-hybridized carbons (Fsp3) is 0.500. The summed E-state index contributed by atoms with van der Waals surface area (Å²) in [6.07, 6.45) is 0.174. The van der Waals surface area contributed by atoms with E-state index in [1.54, 1.807) is 0 Å². The number of aliphatic hydroxyl groups excluding tert-OH is 1. The second-order valence-electron chi connectivity index (χ2n) is 9.26. The van der Waals surface area contributed by atoms with Crippen LogP contribution < -0.4 is 9.64 Å². The Labute approximate surface area is 192 Å². The molecule has 0 unspecified atom stereocenters. The van der Waals surface area contributed by atoms with Crippen molar-refractivity contribution in [1.82, 2.24) is 9.80 Å². The Morgan fingerprint density at radius 3 is 2.53 bits per heavy atom. The number of nitrogens with zero attached hydrogens (tertiary/aromatic N) is 3. The van der Waals surface area contributed by atoms with Crippen molar-refractivity contribution in [1.29, 1.82) is 0 Å². The molecule has 0 saturated carbocycles. The lowest BCUT2D eigenvalue weighted by atomic mass is 10.0. The lowest BCUT2D eigenvalue weighted by Gasteiger charge is -2.34. The van der Waals surface area contributed by atoms with Crippen LogP contribution in [0.3, 0.4) is 0 Å². The van der Waals surface area contributed by atoms with E-state index in [9.17, 15) is 9.90 Å². The predicted molar refractivity (Wildman–Crippen MR) is 129 cm³/mol.